The number of aromatic nitrogens is 3. The zero-order valence-corrected chi connectivity index (χ0v) is 20.5. The molecule has 5 rings (SSSR count). The van der Waals surface area contributed by atoms with Crippen LogP contribution in [0.5, 0.6) is 0 Å². The first-order valence-corrected chi connectivity index (χ1v) is 12.4. The Morgan fingerprint density at radius 2 is 1.97 bits per heavy atom. The van der Waals surface area contributed by atoms with Gasteiger partial charge in [0.1, 0.15) is 24.3 Å². The monoisotopic (exact) mass is 493 g/mol. The normalized spacial score (nSPS) is 22.8. The first-order valence-electron chi connectivity index (χ1n) is 12.4. The Morgan fingerprint density at radius 3 is 2.67 bits per heavy atom. The minimum absolute atomic E-state index is 0.113. The van der Waals surface area contributed by atoms with Gasteiger partial charge in [-0.05, 0) is 56.6 Å². The Kier molecular flexibility index (Phi) is 6.01. The smallest absolute Gasteiger partial charge is 0.325 e. The molecule has 2 aliphatic carbocycles. The molecule has 3 N–H and O–H groups in total. The molecule has 2 aromatic rings. The van der Waals surface area contributed by atoms with E-state index in [1.54, 1.807) is 11.1 Å². The number of rotatable bonds is 8. The lowest BCUT2D eigenvalue weighted by Gasteiger charge is -2.42. The fraction of sp³-hybridized carbons (Fsp3) is 0.520. The van der Waals surface area contributed by atoms with Crippen molar-refractivity contribution in [2.24, 2.45) is 11.7 Å². The van der Waals surface area contributed by atoms with Gasteiger partial charge in [0.2, 0.25) is 11.8 Å². The Labute approximate surface area is 209 Å². The minimum atomic E-state index is -1.11. The molecule has 2 fully saturated rings. The van der Waals surface area contributed by atoms with Crippen LogP contribution in [0.1, 0.15) is 62.4 Å². The lowest BCUT2D eigenvalue weighted by atomic mass is 9.79. The summed E-state index contributed by atoms with van der Waals surface area (Å²) in [4.78, 5) is 54.3. The lowest BCUT2D eigenvalue weighted by molar-refractivity contribution is -0.143. The lowest BCUT2D eigenvalue weighted by Crippen LogP contribution is -2.51. The van der Waals surface area contributed by atoms with E-state index in [1.165, 1.54) is 4.68 Å². The van der Waals surface area contributed by atoms with E-state index >= 15 is 0 Å². The largest absolute Gasteiger partial charge is 0.368 e. The zero-order valence-electron chi connectivity index (χ0n) is 20.5. The highest BCUT2D eigenvalue weighted by atomic mass is 16.2. The van der Waals surface area contributed by atoms with Crippen LogP contribution in [-0.4, -0.2) is 61.1 Å². The number of aryl methyl sites for hydroxylation is 1. The summed E-state index contributed by atoms with van der Waals surface area (Å²) >= 11 is 0. The molecule has 5 amide bonds. The second-order valence-electron chi connectivity index (χ2n) is 10.1. The molecule has 1 saturated heterocycles. The van der Waals surface area contributed by atoms with Crippen molar-refractivity contribution in [2.45, 2.75) is 70.1 Å². The average molecular weight is 494 g/mol. The maximum absolute atomic E-state index is 13.7. The standard InChI is InChI=1S/C25H31N7O4/c1-15(17-7-5-8-17)32(16(2)20-12-30(29-28-20)13-21(26)33)22(34)14-31-23(35)25(27-24(31)36)11-10-18-6-3-4-9-19(18)25/h3-4,6,9,12,15-17H,5,7-8,10-11,13-14H2,1-2H3,(H2,26,33)(H,27,36)/t15-,16?,25-/m0/s1. The van der Waals surface area contributed by atoms with Crippen LogP contribution in [0.15, 0.2) is 30.5 Å². The van der Waals surface area contributed by atoms with E-state index in [1.807, 2.05) is 38.1 Å². The Morgan fingerprint density at radius 1 is 1.22 bits per heavy atom. The SMILES string of the molecule is CC(c1cn(CC(N)=O)nn1)N(C(=O)CN1C(=O)N[C@]2(CCc3ccccc32)C1=O)[C@@H](C)C1CCC1. The number of benzene rings is 1. The molecule has 36 heavy (non-hydrogen) atoms. The summed E-state index contributed by atoms with van der Waals surface area (Å²) in [6.45, 7) is 3.36. The number of urea groups is 1. The van der Waals surface area contributed by atoms with Crippen LogP contribution < -0.4 is 11.1 Å². The summed E-state index contributed by atoms with van der Waals surface area (Å²) in [6.07, 6.45) is 5.89. The highest BCUT2D eigenvalue weighted by Crippen LogP contribution is 2.41. The summed E-state index contributed by atoms with van der Waals surface area (Å²) in [5.41, 5.74) is 6.50. The maximum Gasteiger partial charge on any atom is 0.325 e. The Hall–Kier alpha value is -3.76. The zero-order chi connectivity index (χ0) is 25.6. The third kappa shape index (κ3) is 3.92. The van der Waals surface area contributed by atoms with Gasteiger partial charge in [-0.2, -0.15) is 0 Å². The minimum Gasteiger partial charge on any atom is -0.368 e. The number of nitrogens with one attached hydrogen (secondary N) is 1. The van der Waals surface area contributed by atoms with Gasteiger partial charge in [0.05, 0.1) is 12.2 Å². The Balaban J connectivity index is 1.39. The van der Waals surface area contributed by atoms with Gasteiger partial charge in [0.15, 0.2) is 0 Å². The number of hydrogen-bond donors (Lipinski definition) is 2. The van der Waals surface area contributed by atoms with Crippen LogP contribution >= 0.6 is 0 Å². The van der Waals surface area contributed by atoms with Crippen molar-refractivity contribution in [1.29, 1.82) is 0 Å². The summed E-state index contributed by atoms with van der Waals surface area (Å²) in [5.74, 6) is -0.940. The third-order valence-electron chi connectivity index (χ3n) is 7.99. The van der Waals surface area contributed by atoms with Crippen molar-refractivity contribution in [2.75, 3.05) is 6.54 Å². The molecule has 11 heteroatoms. The predicted octanol–water partition coefficient (Wildman–Crippen LogP) is 1.24. The van der Waals surface area contributed by atoms with Crippen LogP contribution in [0.3, 0.4) is 0 Å². The van der Waals surface area contributed by atoms with Gasteiger partial charge >= 0.3 is 6.03 Å². The number of nitrogens with two attached hydrogens (primary N) is 1. The van der Waals surface area contributed by atoms with Gasteiger partial charge in [-0.3, -0.25) is 19.3 Å². The average Bonchev–Trinajstić information content (AvgIpc) is 3.46. The Bertz CT molecular complexity index is 1220. The van der Waals surface area contributed by atoms with Crippen LogP contribution in [0.25, 0.3) is 0 Å². The number of carbonyl (C=O) groups is 4. The third-order valence-corrected chi connectivity index (χ3v) is 7.99. The van der Waals surface area contributed by atoms with Crippen LogP contribution in [0.2, 0.25) is 0 Å². The van der Waals surface area contributed by atoms with Gasteiger partial charge in [0.25, 0.3) is 5.91 Å². The first kappa shape index (κ1) is 24.0. The second kappa shape index (κ2) is 9.03. The van der Waals surface area contributed by atoms with Gasteiger partial charge < -0.3 is 16.0 Å². The van der Waals surface area contributed by atoms with E-state index < -0.39 is 23.5 Å². The van der Waals surface area contributed by atoms with E-state index in [4.69, 9.17) is 5.73 Å². The summed E-state index contributed by atoms with van der Waals surface area (Å²) in [5, 5.41) is 11.0. The maximum atomic E-state index is 13.7. The fourth-order valence-corrected chi connectivity index (χ4v) is 5.78. The molecule has 3 aliphatic rings. The van der Waals surface area contributed by atoms with Crippen LogP contribution in [0, 0.1) is 5.92 Å². The number of amides is 5. The van der Waals surface area contributed by atoms with Crippen molar-refractivity contribution in [3.05, 3.63) is 47.3 Å². The van der Waals surface area contributed by atoms with Crippen molar-refractivity contribution < 1.29 is 19.2 Å². The van der Waals surface area contributed by atoms with Crippen molar-refractivity contribution >= 4 is 23.8 Å². The molecule has 0 bridgehead atoms. The van der Waals surface area contributed by atoms with E-state index in [0.29, 0.717) is 24.5 Å². The van der Waals surface area contributed by atoms with Gasteiger partial charge in [0, 0.05) is 6.04 Å². The molecule has 2 heterocycles. The van der Waals surface area contributed by atoms with E-state index in [9.17, 15) is 19.2 Å². The first-order chi connectivity index (χ1) is 17.2. The van der Waals surface area contributed by atoms with Crippen LogP contribution in [0.4, 0.5) is 4.79 Å². The second-order valence-corrected chi connectivity index (χ2v) is 10.1. The molecule has 1 aromatic carbocycles. The fourth-order valence-electron chi connectivity index (χ4n) is 5.78. The van der Waals surface area contributed by atoms with E-state index in [0.717, 1.165) is 35.3 Å². The highest BCUT2D eigenvalue weighted by Gasteiger charge is 2.56. The van der Waals surface area contributed by atoms with Crippen molar-refractivity contribution in [1.82, 2.24) is 30.1 Å². The summed E-state index contributed by atoms with van der Waals surface area (Å²) in [6, 6.07) is 6.46. The van der Waals surface area contributed by atoms with E-state index in [2.05, 4.69) is 15.6 Å². The molecule has 1 aromatic heterocycles. The topological polar surface area (TPSA) is 144 Å². The summed E-state index contributed by atoms with van der Waals surface area (Å²) < 4.78 is 1.34. The molecular weight excluding hydrogens is 462 g/mol. The number of imide groups is 1. The van der Waals surface area contributed by atoms with Gasteiger partial charge in [-0.1, -0.05) is 35.9 Å². The molecule has 190 valence electrons. The molecule has 1 aliphatic heterocycles. The molecular formula is C25H31N7O4. The van der Waals surface area contributed by atoms with Gasteiger partial charge in [-0.15, -0.1) is 5.10 Å². The molecule has 1 spiro atoms. The number of fused-ring (bicyclic) bond motifs is 2. The molecule has 0 radical (unpaired) electrons. The number of carbonyl (C=O) groups excluding carboxylic acids is 4. The van der Waals surface area contributed by atoms with Crippen molar-refractivity contribution in [3.8, 4) is 0 Å². The molecule has 1 unspecified atom stereocenters. The van der Waals surface area contributed by atoms with E-state index in [-0.39, 0.29) is 30.9 Å². The molecule has 3 atom stereocenters. The van der Waals surface area contributed by atoms with Gasteiger partial charge in [-0.25, -0.2) is 9.48 Å². The number of nitrogens with zero attached hydrogens (tertiary/aromatic N) is 5. The predicted molar refractivity (Wildman–Crippen MR) is 128 cm³/mol. The summed E-state index contributed by atoms with van der Waals surface area (Å²) in [7, 11) is 0. The quantitative estimate of drug-likeness (QED) is 0.530. The number of hydrogen-bond acceptors (Lipinski definition) is 6. The number of primary amides is 1. The highest BCUT2D eigenvalue weighted by molar-refractivity contribution is 6.10. The molecule has 1 saturated carbocycles. The molecule has 11 nitrogen and oxygen atoms in total. The van der Waals surface area contributed by atoms with Crippen LogP contribution in [-0.2, 0) is 32.9 Å². The van der Waals surface area contributed by atoms with Crippen molar-refractivity contribution in [3.63, 3.8) is 0 Å².